The highest BCUT2D eigenvalue weighted by Crippen LogP contribution is 2.04. The summed E-state index contributed by atoms with van der Waals surface area (Å²) in [5.41, 5.74) is 0.967. The van der Waals surface area contributed by atoms with Crippen LogP contribution in [0, 0.1) is 6.92 Å². The monoisotopic (exact) mass is 155 g/mol. The van der Waals surface area contributed by atoms with E-state index in [1.165, 1.54) is 13.3 Å². The van der Waals surface area contributed by atoms with Crippen LogP contribution in [0.15, 0.2) is 6.20 Å². The first-order valence-electron chi connectivity index (χ1n) is 3.05. The zero-order valence-corrected chi connectivity index (χ0v) is 6.37. The fraction of sp³-hybridized carbons (Fsp3) is 0.333. The van der Waals surface area contributed by atoms with Gasteiger partial charge in [-0.15, -0.1) is 0 Å². The molecule has 1 rings (SSSR count). The van der Waals surface area contributed by atoms with E-state index in [9.17, 15) is 4.79 Å². The third-order valence-electron chi connectivity index (χ3n) is 1.32. The first kappa shape index (κ1) is 7.59. The van der Waals surface area contributed by atoms with Gasteiger partial charge in [0.15, 0.2) is 0 Å². The van der Waals surface area contributed by atoms with Gasteiger partial charge in [0.05, 0.1) is 19.0 Å². The summed E-state index contributed by atoms with van der Waals surface area (Å²) in [4.78, 5) is 12.0. The number of carbonyl (C=O) groups is 1. The van der Waals surface area contributed by atoms with E-state index in [2.05, 4.69) is 9.84 Å². The normalized spacial score (nSPS) is 9.64. The number of ether oxygens (including phenoxy) is 1. The summed E-state index contributed by atoms with van der Waals surface area (Å²) in [5, 5.41) is 3.77. The number of hydrogen-bond donors (Lipinski definition) is 1. The molecule has 0 atom stereocenters. The second-order valence-corrected chi connectivity index (χ2v) is 2.10. The van der Waals surface area contributed by atoms with Crippen LogP contribution in [-0.4, -0.2) is 23.0 Å². The molecule has 5 nitrogen and oxygen atoms in total. The van der Waals surface area contributed by atoms with Crippen molar-refractivity contribution < 1.29 is 9.53 Å². The van der Waals surface area contributed by atoms with E-state index in [4.69, 9.17) is 5.84 Å². The van der Waals surface area contributed by atoms with Crippen LogP contribution in [0.5, 0.6) is 0 Å². The Labute approximate surface area is 63.7 Å². The van der Waals surface area contributed by atoms with Crippen molar-refractivity contribution in [1.29, 1.82) is 0 Å². The molecule has 1 aromatic rings. The molecule has 2 N–H and O–H groups in total. The molecular weight excluding hydrogens is 146 g/mol. The number of nitrogens with zero attached hydrogens (tertiary/aromatic N) is 2. The van der Waals surface area contributed by atoms with Crippen LogP contribution in [-0.2, 0) is 4.74 Å². The third kappa shape index (κ3) is 1.31. The molecule has 0 radical (unpaired) electrons. The van der Waals surface area contributed by atoms with Gasteiger partial charge in [-0.3, -0.25) is 0 Å². The highest BCUT2D eigenvalue weighted by molar-refractivity contribution is 5.90. The fourth-order valence-corrected chi connectivity index (χ4v) is 0.792. The van der Waals surface area contributed by atoms with Crippen LogP contribution < -0.4 is 5.84 Å². The Hall–Kier alpha value is -1.52. The Balaban J connectivity index is 3.03. The number of aromatic nitrogens is 2. The maximum atomic E-state index is 10.9. The lowest BCUT2D eigenvalue weighted by Gasteiger charge is -1.92. The van der Waals surface area contributed by atoms with E-state index < -0.39 is 5.97 Å². The van der Waals surface area contributed by atoms with Crippen molar-refractivity contribution >= 4 is 5.97 Å². The number of rotatable bonds is 1. The summed E-state index contributed by atoms with van der Waals surface area (Å²) in [6.07, 6.45) is 1.42. The fourth-order valence-electron chi connectivity index (χ4n) is 0.792. The lowest BCUT2D eigenvalue weighted by Crippen LogP contribution is -2.08. The average Bonchev–Trinajstić information content (AvgIpc) is 2.28. The minimum atomic E-state index is -0.417. The molecule has 0 bridgehead atoms. The van der Waals surface area contributed by atoms with Gasteiger partial charge in [-0.25, -0.2) is 4.79 Å². The molecule has 5 heteroatoms. The highest BCUT2D eigenvalue weighted by Gasteiger charge is 2.11. The van der Waals surface area contributed by atoms with Gasteiger partial charge in [0.25, 0.3) is 0 Å². The summed E-state index contributed by atoms with van der Waals surface area (Å²) in [5.74, 6) is 4.85. The van der Waals surface area contributed by atoms with Gasteiger partial charge in [0.1, 0.15) is 5.56 Å². The molecule has 0 unspecified atom stereocenters. The van der Waals surface area contributed by atoms with E-state index in [0.717, 1.165) is 4.79 Å². The Morgan fingerprint density at radius 3 is 2.82 bits per heavy atom. The molecule has 0 aliphatic carbocycles. The predicted octanol–water partition coefficient (Wildman–Crippen LogP) is -0.308. The number of methoxy groups -OCH3 is 1. The second kappa shape index (κ2) is 2.61. The quantitative estimate of drug-likeness (QED) is 0.446. The molecule has 0 spiro atoms. The minimum Gasteiger partial charge on any atom is -0.465 e. The van der Waals surface area contributed by atoms with Gasteiger partial charge < -0.3 is 10.6 Å². The molecular formula is C6H9N3O2. The van der Waals surface area contributed by atoms with E-state index in [-0.39, 0.29) is 0 Å². The summed E-state index contributed by atoms with van der Waals surface area (Å²) < 4.78 is 4.48. The van der Waals surface area contributed by atoms with Crippen LogP contribution in [0.4, 0.5) is 0 Å². The molecule has 1 aromatic heterocycles. The summed E-state index contributed by atoms with van der Waals surface area (Å²) >= 11 is 0. The van der Waals surface area contributed by atoms with Crippen molar-refractivity contribution in [3.05, 3.63) is 17.5 Å². The van der Waals surface area contributed by atoms with Gasteiger partial charge in [-0.05, 0) is 6.92 Å². The number of nitrogens with two attached hydrogens (primary N) is 1. The topological polar surface area (TPSA) is 70.1 Å². The SMILES string of the molecule is COC(=O)c1cn(N)nc1C. The zero-order chi connectivity index (χ0) is 8.43. The largest absolute Gasteiger partial charge is 0.465 e. The molecule has 0 aromatic carbocycles. The molecule has 60 valence electrons. The van der Waals surface area contributed by atoms with Crippen LogP contribution >= 0.6 is 0 Å². The summed E-state index contributed by atoms with van der Waals surface area (Å²) in [7, 11) is 1.32. The van der Waals surface area contributed by atoms with Crippen LogP contribution in [0.3, 0.4) is 0 Å². The standard InChI is InChI=1S/C6H9N3O2/c1-4-5(6(10)11-2)3-9(7)8-4/h3H,7H2,1-2H3. The highest BCUT2D eigenvalue weighted by atomic mass is 16.5. The third-order valence-corrected chi connectivity index (χ3v) is 1.32. The van der Waals surface area contributed by atoms with Crippen molar-refractivity contribution in [3.8, 4) is 0 Å². The van der Waals surface area contributed by atoms with Crippen LogP contribution in [0.2, 0.25) is 0 Å². The first-order valence-corrected chi connectivity index (χ1v) is 3.05. The van der Waals surface area contributed by atoms with Crippen LogP contribution in [0.25, 0.3) is 0 Å². The number of hydrogen-bond acceptors (Lipinski definition) is 4. The Bertz CT molecular complexity index is 279. The van der Waals surface area contributed by atoms with Crippen LogP contribution in [0.1, 0.15) is 16.1 Å². The van der Waals surface area contributed by atoms with Crippen molar-refractivity contribution in [2.75, 3.05) is 13.0 Å². The molecule has 1 heterocycles. The maximum absolute atomic E-state index is 10.9. The van der Waals surface area contributed by atoms with E-state index in [0.29, 0.717) is 11.3 Å². The Morgan fingerprint density at radius 1 is 1.82 bits per heavy atom. The maximum Gasteiger partial charge on any atom is 0.341 e. The molecule has 0 amide bonds. The minimum absolute atomic E-state index is 0.398. The molecule has 11 heavy (non-hydrogen) atoms. The summed E-state index contributed by atoms with van der Waals surface area (Å²) in [6.45, 7) is 1.69. The van der Waals surface area contributed by atoms with Gasteiger partial charge in [-0.1, -0.05) is 0 Å². The van der Waals surface area contributed by atoms with E-state index in [1.807, 2.05) is 0 Å². The summed E-state index contributed by atoms with van der Waals surface area (Å²) in [6, 6.07) is 0. The zero-order valence-electron chi connectivity index (χ0n) is 6.37. The smallest absolute Gasteiger partial charge is 0.341 e. The number of carbonyl (C=O) groups excluding carboxylic acids is 1. The first-order chi connectivity index (χ1) is 5.15. The van der Waals surface area contributed by atoms with Gasteiger partial charge in [0.2, 0.25) is 0 Å². The second-order valence-electron chi connectivity index (χ2n) is 2.10. The Kier molecular flexibility index (Phi) is 1.80. The molecule has 0 saturated heterocycles. The van der Waals surface area contributed by atoms with Gasteiger partial charge in [0, 0.05) is 0 Å². The number of esters is 1. The predicted molar refractivity (Wildman–Crippen MR) is 38.5 cm³/mol. The number of aryl methyl sites for hydroxylation is 1. The molecule has 0 aliphatic rings. The van der Waals surface area contributed by atoms with Crippen molar-refractivity contribution in [3.63, 3.8) is 0 Å². The van der Waals surface area contributed by atoms with Crippen molar-refractivity contribution in [2.45, 2.75) is 6.92 Å². The van der Waals surface area contributed by atoms with Gasteiger partial charge in [-0.2, -0.15) is 9.89 Å². The van der Waals surface area contributed by atoms with Gasteiger partial charge >= 0.3 is 5.97 Å². The Morgan fingerprint density at radius 2 is 2.45 bits per heavy atom. The van der Waals surface area contributed by atoms with E-state index >= 15 is 0 Å². The lowest BCUT2D eigenvalue weighted by atomic mass is 10.3. The number of nitrogen functional groups attached to an aromatic ring is 1. The average molecular weight is 155 g/mol. The molecule has 0 aliphatic heterocycles. The molecule has 0 fully saturated rings. The van der Waals surface area contributed by atoms with Crippen molar-refractivity contribution in [2.24, 2.45) is 0 Å². The van der Waals surface area contributed by atoms with Crippen molar-refractivity contribution in [1.82, 2.24) is 9.89 Å². The lowest BCUT2D eigenvalue weighted by molar-refractivity contribution is 0.0600. The molecule has 0 saturated carbocycles. The van der Waals surface area contributed by atoms with E-state index in [1.54, 1.807) is 6.92 Å².